The summed E-state index contributed by atoms with van der Waals surface area (Å²) in [7, 11) is 0. The van der Waals surface area contributed by atoms with Crippen molar-refractivity contribution in [3.8, 4) is 5.75 Å². The Kier molecular flexibility index (Phi) is 4.74. The Hall–Kier alpha value is -2.82. The molecule has 3 rings (SSSR count). The van der Waals surface area contributed by atoms with Gasteiger partial charge in [-0.1, -0.05) is 18.2 Å². The van der Waals surface area contributed by atoms with Crippen molar-refractivity contribution in [3.63, 3.8) is 0 Å². The maximum absolute atomic E-state index is 12.8. The molecule has 2 aromatic rings. The Balaban J connectivity index is 1.83. The fraction of sp³-hybridized carbons (Fsp3) is 0.300. The van der Waals surface area contributed by atoms with E-state index in [1.54, 1.807) is 0 Å². The first-order valence-corrected chi connectivity index (χ1v) is 8.43. The number of hydrogen-bond donors (Lipinski definition) is 1. The van der Waals surface area contributed by atoms with Crippen molar-refractivity contribution < 1.29 is 14.3 Å². The number of carbonyl (C=O) groups is 2. The maximum atomic E-state index is 12.8. The molecule has 5 nitrogen and oxygen atoms in total. The summed E-state index contributed by atoms with van der Waals surface area (Å²) >= 11 is 0. The number of rotatable bonds is 5. The quantitative estimate of drug-likeness (QED) is 0.849. The van der Waals surface area contributed by atoms with Crippen molar-refractivity contribution in [2.24, 2.45) is 0 Å². The van der Waals surface area contributed by atoms with Crippen molar-refractivity contribution in [2.45, 2.75) is 33.2 Å². The van der Waals surface area contributed by atoms with Crippen LogP contribution in [0.15, 0.2) is 42.5 Å². The number of para-hydroxylation sites is 2. The number of imide groups is 1. The molecule has 130 valence electrons. The molecule has 1 aliphatic heterocycles. The Morgan fingerprint density at radius 2 is 1.88 bits per heavy atom. The van der Waals surface area contributed by atoms with E-state index in [1.807, 2.05) is 63.2 Å². The van der Waals surface area contributed by atoms with E-state index >= 15 is 0 Å². The lowest BCUT2D eigenvalue weighted by Crippen LogP contribution is -2.34. The van der Waals surface area contributed by atoms with Crippen molar-refractivity contribution in [1.82, 2.24) is 0 Å². The van der Waals surface area contributed by atoms with Crippen LogP contribution in [0.4, 0.5) is 11.4 Å². The lowest BCUT2D eigenvalue weighted by atomic mass is 10.1. The molecule has 25 heavy (non-hydrogen) atoms. The summed E-state index contributed by atoms with van der Waals surface area (Å²) in [5, 5.41) is 3.16. The first-order chi connectivity index (χ1) is 12.0. The van der Waals surface area contributed by atoms with Crippen LogP contribution in [-0.4, -0.2) is 24.5 Å². The molecule has 5 heteroatoms. The van der Waals surface area contributed by atoms with E-state index in [9.17, 15) is 9.59 Å². The molecule has 0 saturated carbocycles. The minimum absolute atomic E-state index is 0.131. The van der Waals surface area contributed by atoms with Gasteiger partial charge in [-0.05, 0) is 56.2 Å². The summed E-state index contributed by atoms with van der Waals surface area (Å²) in [6, 6.07) is 12.5. The fourth-order valence-electron chi connectivity index (χ4n) is 2.94. The number of hydrogen-bond acceptors (Lipinski definition) is 4. The number of aryl methyl sites for hydroxylation is 2. The normalized spacial score (nSPS) is 17.1. The van der Waals surface area contributed by atoms with Crippen LogP contribution >= 0.6 is 0 Å². The minimum atomic E-state index is -0.587. The monoisotopic (exact) mass is 338 g/mol. The SMILES string of the molecule is CCOc1ccccc1N[C@@H]1CC(=O)N(c2ccc(C)c(C)c2)C1=O. The highest BCUT2D eigenvalue weighted by Gasteiger charge is 2.39. The van der Waals surface area contributed by atoms with Gasteiger partial charge in [-0.15, -0.1) is 0 Å². The predicted molar refractivity (Wildman–Crippen MR) is 98.0 cm³/mol. The Morgan fingerprint density at radius 1 is 1.12 bits per heavy atom. The van der Waals surface area contributed by atoms with E-state index in [0.29, 0.717) is 18.0 Å². The fourth-order valence-corrected chi connectivity index (χ4v) is 2.94. The standard InChI is InChI=1S/C20H22N2O3/c1-4-25-18-8-6-5-7-16(18)21-17-12-19(23)22(20(17)24)15-10-9-13(2)14(3)11-15/h5-11,17,21H,4,12H2,1-3H3/t17-/m1/s1. The van der Waals surface area contributed by atoms with Crippen LogP contribution < -0.4 is 15.0 Å². The smallest absolute Gasteiger partial charge is 0.256 e. The molecule has 0 unspecified atom stereocenters. The second-order valence-electron chi connectivity index (χ2n) is 6.17. The molecule has 0 radical (unpaired) electrons. The van der Waals surface area contributed by atoms with E-state index in [0.717, 1.165) is 16.8 Å². The molecule has 1 aliphatic rings. The van der Waals surface area contributed by atoms with Crippen LogP contribution in [0.2, 0.25) is 0 Å². The second-order valence-corrected chi connectivity index (χ2v) is 6.17. The zero-order valence-corrected chi connectivity index (χ0v) is 14.7. The molecule has 0 spiro atoms. The van der Waals surface area contributed by atoms with Crippen molar-refractivity contribution >= 4 is 23.2 Å². The molecule has 0 aromatic heterocycles. The van der Waals surface area contributed by atoms with E-state index < -0.39 is 6.04 Å². The van der Waals surface area contributed by atoms with Gasteiger partial charge in [0.2, 0.25) is 5.91 Å². The van der Waals surface area contributed by atoms with Gasteiger partial charge in [-0.3, -0.25) is 9.59 Å². The molecule has 1 fully saturated rings. The predicted octanol–water partition coefficient (Wildman–Crippen LogP) is 3.45. The number of benzene rings is 2. The number of nitrogens with zero attached hydrogens (tertiary/aromatic N) is 1. The van der Waals surface area contributed by atoms with Crippen LogP contribution in [0.1, 0.15) is 24.5 Å². The molecule has 1 atom stereocenters. The van der Waals surface area contributed by atoms with Gasteiger partial charge in [0.15, 0.2) is 0 Å². The van der Waals surface area contributed by atoms with Gasteiger partial charge < -0.3 is 10.1 Å². The number of nitrogens with one attached hydrogen (secondary N) is 1. The first kappa shape index (κ1) is 17.0. The van der Waals surface area contributed by atoms with Gasteiger partial charge in [0.05, 0.1) is 24.4 Å². The van der Waals surface area contributed by atoms with Gasteiger partial charge >= 0.3 is 0 Å². The molecule has 1 heterocycles. The van der Waals surface area contributed by atoms with Crippen molar-refractivity contribution in [1.29, 1.82) is 0 Å². The van der Waals surface area contributed by atoms with Crippen LogP contribution in [0.3, 0.4) is 0 Å². The molecule has 2 aromatic carbocycles. The topological polar surface area (TPSA) is 58.6 Å². The highest BCUT2D eigenvalue weighted by molar-refractivity contribution is 6.23. The van der Waals surface area contributed by atoms with Gasteiger partial charge in [-0.2, -0.15) is 0 Å². The average molecular weight is 338 g/mol. The van der Waals surface area contributed by atoms with Gasteiger partial charge in [0.1, 0.15) is 11.8 Å². The first-order valence-electron chi connectivity index (χ1n) is 8.43. The number of carbonyl (C=O) groups excluding carboxylic acids is 2. The number of anilines is 2. The largest absolute Gasteiger partial charge is 0.492 e. The highest BCUT2D eigenvalue weighted by Crippen LogP contribution is 2.29. The summed E-state index contributed by atoms with van der Waals surface area (Å²) in [6.07, 6.45) is 0.131. The lowest BCUT2D eigenvalue weighted by Gasteiger charge is -2.18. The summed E-state index contributed by atoms with van der Waals surface area (Å²) in [5.74, 6) is 0.245. The van der Waals surface area contributed by atoms with Gasteiger partial charge in [0, 0.05) is 0 Å². The third-order valence-electron chi connectivity index (χ3n) is 4.41. The Morgan fingerprint density at radius 3 is 2.60 bits per heavy atom. The summed E-state index contributed by atoms with van der Waals surface area (Å²) in [5.41, 5.74) is 3.53. The zero-order valence-electron chi connectivity index (χ0n) is 14.7. The molecule has 0 bridgehead atoms. The highest BCUT2D eigenvalue weighted by atomic mass is 16.5. The van der Waals surface area contributed by atoms with Crippen molar-refractivity contribution in [2.75, 3.05) is 16.8 Å². The van der Waals surface area contributed by atoms with Crippen LogP contribution in [-0.2, 0) is 9.59 Å². The van der Waals surface area contributed by atoms with E-state index in [1.165, 1.54) is 4.90 Å². The molecular weight excluding hydrogens is 316 g/mol. The van der Waals surface area contributed by atoms with Crippen LogP contribution in [0, 0.1) is 13.8 Å². The molecule has 1 N–H and O–H groups in total. The summed E-state index contributed by atoms with van der Waals surface area (Å²) in [6.45, 7) is 6.41. The van der Waals surface area contributed by atoms with Gasteiger partial charge in [0.25, 0.3) is 5.91 Å². The molecule has 1 saturated heterocycles. The van der Waals surface area contributed by atoms with E-state index in [2.05, 4.69) is 5.32 Å². The second kappa shape index (κ2) is 6.97. The molecular formula is C20H22N2O3. The lowest BCUT2D eigenvalue weighted by molar-refractivity contribution is -0.121. The Labute approximate surface area is 147 Å². The molecule has 0 aliphatic carbocycles. The van der Waals surface area contributed by atoms with Crippen LogP contribution in [0.25, 0.3) is 0 Å². The third kappa shape index (κ3) is 3.36. The molecule has 2 amide bonds. The van der Waals surface area contributed by atoms with Crippen molar-refractivity contribution in [3.05, 3.63) is 53.6 Å². The number of ether oxygens (including phenoxy) is 1. The van der Waals surface area contributed by atoms with Gasteiger partial charge in [-0.25, -0.2) is 4.90 Å². The Bertz CT molecular complexity index is 816. The van der Waals surface area contributed by atoms with E-state index in [4.69, 9.17) is 4.74 Å². The van der Waals surface area contributed by atoms with E-state index in [-0.39, 0.29) is 18.2 Å². The zero-order chi connectivity index (χ0) is 18.0. The minimum Gasteiger partial charge on any atom is -0.492 e. The number of amides is 2. The summed E-state index contributed by atoms with van der Waals surface area (Å²) in [4.78, 5) is 26.5. The third-order valence-corrected chi connectivity index (χ3v) is 4.41. The maximum Gasteiger partial charge on any atom is 0.256 e. The van der Waals surface area contributed by atoms with Crippen LogP contribution in [0.5, 0.6) is 5.75 Å². The summed E-state index contributed by atoms with van der Waals surface area (Å²) < 4.78 is 5.58. The average Bonchev–Trinajstić information content (AvgIpc) is 2.86.